The van der Waals surface area contributed by atoms with Crippen LogP contribution in [0.3, 0.4) is 0 Å². The number of benzene rings is 1. The highest BCUT2D eigenvalue weighted by Crippen LogP contribution is 2.22. The van der Waals surface area contributed by atoms with Gasteiger partial charge in [-0.25, -0.2) is 4.79 Å². The molecule has 1 aromatic carbocycles. The average molecular weight is 306 g/mol. The second kappa shape index (κ2) is 7.26. The van der Waals surface area contributed by atoms with Gasteiger partial charge in [0.1, 0.15) is 11.3 Å². The van der Waals surface area contributed by atoms with Crippen LogP contribution in [0.2, 0.25) is 0 Å². The predicted molar refractivity (Wildman–Crippen MR) is 81.8 cm³/mol. The molecule has 0 bridgehead atoms. The van der Waals surface area contributed by atoms with Gasteiger partial charge >= 0.3 is 5.97 Å². The van der Waals surface area contributed by atoms with Crippen molar-refractivity contribution in [3.8, 4) is 5.75 Å². The fourth-order valence-electron chi connectivity index (χ4n) is 2.75. The predicted octanol–water partition coefficient (Wildman–Crippen LogP) is 1.44. The van der Waals surface area contributed by atoms with E-state index in [2.05, 4.69) is 10.2 Å². The number of carbonyl (C=O) groups is 2. The summed E-state index contributed by atoms with van der Waals surface area (Å²) >= 11 is 0. The minimum atomic E-state index is -1.12. The van der Waals surface area contributed by atoms with E-state index in [-0.39, 0.29) is 17.2 Å². The van der Waals surface area contributed by atoms with Crippen molar-refractivity contribution < 1.29 is 19.8 Å². The third kappa shape index (κ3) is 4.46. The van der Waals surface area contributed by atoms with Crippen molar-refractivity contribution in [3.05, 3.63) is 29.3 Å². The van der Waals surface area contributed by atoms with Crippen molar-refractivity contribution >= 4 is 11.9 Å². The molecule has 0 atom stereocenters. The molecular formula is C16H22N2O4. The number of carboxylic acids is 1. The summed E-state index contributed by atoms with van der Waals surface area (Å²) in [5.74, 6) is -0.805. The first-order chi connectivity index (χ1) is 10.5. The summed E-state index contributed by atoms with van der Waals surface area (Å²) in [6.45, 7) is 4.78. The van der Waals surface area contributed by atoms with Gasteiger partial charge in [-0.05, 0) is 49.5 Å². The Morgan fingerprint density at radius 3 is 2.59 bits per heavy atom. The van der Waals surface area contributed by atoms with Gasteiger partial charge in [0.25, 0.3) is 0 Å². The number of hydrogen-bond donors (Lipinski definition) is 3. The fourth-order valence-corrected chi connectivity index (χ4v) is 2.75. The second-order valence-corrected chi connectivity index (χ2v) is 5.81. The van der Waals surface area contributed by atoms with Crippen molar-refractivity contribution in [2.45, 2.75) is 26.3 Å². The summed E-state index contributed by atoms with van der Waals surface area (Å²) in [6, 6.07) is 4.72. The van der Waals surface area contributed by atoms with Crippen LogP contribution in [-0.4, -0.2) is 46.6 Å². The van der Waals surface area contributed by atoms with Crippen LogP contribution in [0.25, 0.3) is 0 Å². The molecule has 0 saturated carbocycles. The van der Waals surface area contributed by atoms with Crippen LogP contribution in [0.4, 0.5) is 0 Å². The lowest BCUT2D eigenvalue weighted by Crippen LogP contribution is -2.37. The molecule has 1 aliphatic rings. The number of nitrogens with one attached hydrogen (secondary N) is 1. The second-order valence-electron chi connectivity index (χ2n) is 5.81. The number of phenols is 1. The fraction of sp³-hybridized carbons (Fsp3) is 0.500. The van der Waals surface area contributed by atoms with E-state index in [1.165, 1.54) is 19.1 Å². The lowest BCUT2D eigenvalue weighted by molar-refractivity contribution is -0.119. The lowest BCUT2D eigenvalue weighted by Gasteiger charge is -2.32. The molecule has 1 aromatic rings. The van der Waals surface area contributed by atoms with Gasteiger partial charge in [0.05, 0.1) is 0 Å². The molecule has 1 heterocycles. The Kier molecular flexibility index (Phi) is 5.38. The normalized spacial score (nSPS) is 16.4. The topological polar surface area (TPSA) is 89.9 Å². The van der Waals surface area contributed by atoms with Crippen LogP contribution < -0.4 is 5.32 Å². The molecule has 1 fully saturated rings. The first-order valence-electron chi connectivity index (χ1n) is 7.47. The van der Waals surface area contributed by atoms with Crippen molar-refractivity contribution in [2.24, 2.45) is 5.92 Å². The Bertz CT molecular complexity index is 551. The van der Waals surface area contributed by atoms with Crippen molar-refractivity contribution in [2.75, 3.05) is 19.6 Å². The number of nitrogens with zero attached hydrogens (tertiary/aromatic N) is 1. The molecule has 0 radical (unpaired) electrons. The van der Waals surface area contributed by atoms with Crippen LogP contribution in [-0.2, 0) is 11.3 Å². The number of rotatable bonds is 5. The Balaban J connectivity index is 1.87. The zero-order valence-electron chi connectivity index (χ0n) is 12.7. The van der Waals surface area contributed by atoms with Crippen LogP contribution in [0.5, 0.6) is 5.75 Å². The number of aromatic carboxylic acids is 1. The van der Waals surface area contributed by atoms with E-state index in [4.69, 9.17) is 5.11 Å². The van der Waals surface area contributed by atoms with Crippen LogP contribution >= 0.6 is 0 Å². The van der Waals surface area contributed by atoms with Gasteiger partial charge in [-0.15, -0.1) is 0 Å². The zero-order valence-corrected chi connectivity index (χ0v) is 12.7. The third-order valence-electron chi connectivity index (χ3n) is 4.04. The van der Waals surface area contributed by atoms with E-state index in [1.54, 1.807) is 6.07 Å². The third-order valence-corrected chi connectivity index (χ3v) is 4.04. The zero-order chi connectivity index (χ0) is 16.1. The van der Waals surface area contributed by atoms with Gasteiger partial charge in [-0.1, -0.05) is 6.07 Å². The summed E-state index contributed by atoms with van der Waals surface area (Å²) in [5.41, 5.74) is 0.827. The molecule has 22 heavy (non-hydrogen) atoms. The van der Waals surface area contributed by atoms with Gasteiger partial charge in [-0.3, -0.25) is 9.69 Å². The Morgan fingerprint density at radius 1 is 1.32 bits per heavy atom. The van der Waals surface area contributed by atoms with Gasteiger partial charge < -0.3 is 15.5 Å². The molecule has 120 valence electrons. The van der Waals surface area contributed by atoms with Crippen molar-refractivity contribution in [3.63, 3.8) is 0 Å². The molecule has 3 N–H and O–H groups in total. The minimum Gasteiger partial charge on any atom is -0.507 e. The van der Waals surface area contributed by atoms with E-state index in [9.17, 15) is 14.7 Å². The van der Waals surface area contributed by atoms with Gasteiger partial charge in [0, 0.05) is 20.0 Å². The maximum Gasteiger partial charge on any atom is 0.339 e. The van der Waals surface area contributed by atoms with Crippen molar-refractivity contribution in [1.29, 1.82) is 0 Å². The minimum absolute atomic E-state index is 0.00715. The summed E-state index contributed by atoms with van der Waals surface area (Å²) < 4.78 is 0. The summed E-state index contributed by atoms with van der Waals surface area (Å²) in [7, 11) is 0. The van der Waals surface area contributed by atoms with Crippen LogP contribution in [0.15, 0.2) is 18.2 Å². The quantitative estimate of drug-likeness (QED) is 0.766. The molecule has 6 heteroatoms. The molecule has 6 nitrogen and oxygen atoms in total. The highest BCUT2D eigenvalue weighted by atomic mass is 16.4. The summed E-state index contributed by atoms with van der Waals surface area (Å²) in [4.78, 5) is 24.2. The van der Waals surface area contributed by atoms with E-state index in [0.29, 0.717) is 12.5 Å². The first kappa shape index (κ1) is 16.3. The molecule has 1 aliphatic heterocycles. The van der Waals surface area contributed by atoms with Gasteiger partial charge in [-0.2, -0.15) is 0 Å². The molecule has 1 amide bonds. The molecule has 0 unspecified atom stereocenters. The van der Waals surface area contributed by atoms with E-state index < -0.39 is 5.97 Å². The summed E-state index contributed by atoms with van der Waals surface area (Å²) in [6.07, 6.45) is 2.04. The lowest BCUT2D eigenvalue weighted by atomic mass is 9.96. The van der Waals surface area contributed by atoms with E-state index >= 15 is 0 Å². The number of carboxylic acid groups (broad SMARTS) is 1. The van der Waals surface area contributed by atoms with Crippen LogP contribution in [0.1, 0.15) is 35.7 Å². The molecule has 0 spiro atoms. The molecule has 0 aliphatic carbocycles. The largest absolute Gasteiger partial charge is 0.507 e. The monoisotopic (exact) mass is 306 g/mol. The van der Waals surface area contributed by atoms with E-state index in [0.717, 1.165) is 38.0 Å². The van der Waals surface area contributed by atoms with Crippen molar-refractivity contribution in [1.82, 2.24) is 10.2 Å². The number of likely N-dealkylation sites (tertiary alicyclic amines) is 1. The van der Waals surface area contributed by atoms with Gasteiger partial charge in [0.2, 0.25) is 5.91 Å². The molecule has 2 rings (SSSR count). The van der Waals surface area contributed by atoms with E-state index in [1.807, 2.05) is 0 Å². The Morgan fingerprint density at radius 2 is 2.00 bits per heavy atom. The maximum absolute atomic E-state index is 11.0. The van der Waals surface area contributed by atoms with Gasteiger partial charge in [0.15, 0.2) is 0 Å². The Labute approximate surface area is 129 Å². The molecule has 1 saturated heterocycles. The standard InChI is InChI=1S/C16H22N2O4/c1-11(19)17-9-12-4-6-18(7-5-12)10-13-2-3-15(20)14(8-13)16(21)22/h2-3,8,12,20H,4-7,9-10H2,1H3,(H,17,19)(H,21,22). The van der Waals surface area contributed by atoms with Crippen LogP contribution in [0, 0.1) is 5.92 Å². The SMILES string of the molecule is CC(=O)NCC1CCN(Cc2ccc(O)c(C(=O)O)c2)CC1. The number of aromatic hydroxyl groups is 1. The number of amides is 1. The number of carbonyl (C=O) groups excluding carboxylic acids is 1. The molecule has 0 aromatic heterocycles. The average Bonchev–Trinajstić information content (AvgIpc) is 2.48. The smallest absolute Gasteiger partial charge is 0.339 e. The number of hydrogen-bond acceptors (Lipinski definition) is 4. The first-order valence-corrected chi connectivity index (χ1v) is 7.47. The molecular weight excluding hydrogens is 284 g/mol. The Hall–Kier alpha value is -2.08. The maximum atomic E-state index is 11.0. The highest BCUT2D eigenvalue weighted by molar-refractivity contribution is 5.90. The summed E-state index contributed by atoms with van der Waals surface area (Å²) in [5, 5.41) is 21.4. The highest BCUT2D eigenvalue weighted by Gasteiger charge is 2.20. The number of piperidine rings is 1.